The lowest BCUT2D eigenvalue weighted by molar-refractivity contribution is 0.502. The lowest BCUT2D eigenvalue weighted by Crippen LogP contribution is -2.39. The van der Waals surface area contributed by atoms with E-state index in [0.717, 1.165) is 11.3 Å². The monoisotopic (exact) mass is 328 g/mol. The summed E-state index contributed by atoms with van der Waals surface area (Å²) in [4.78, 5) is 33.3. The second-order valence-electron chi connectivity index (χ2n) is 7.84. The van der Waals surface area contributed by atoms with E-state index < -0.39 is 0 Å². The van der Waals surface area contributed by atoms with Crippen LogP contribution in [0.3, 0.4) is 0 Å². The zero-order chi connectivity index (χ0) is 17.8. The van der Waals surface area contributed by atoms with Crippen LogP contribution in [0.5, 0.6) is 0 Å². The Hall–Kier alpha value is -2.37. The molecule has 24 heavy (non-hydrogen) atoms. The van der Waals surface area contributed by atoms with Crippen molar-refractivity contribution in [2.75, 3.05) is 0 Å². The lowest BCUT2D eigenvalue weighted by Gasteiger charge is -2.14. The van der Waals surface area contributed by atoms with Gasteiger partial charge in [-0.3, -0.25) is 13.9 Å². The normalized spacial score (nSPS) is 12.6. The van der Waals surface area contributed by atoms with Crippen molar-refractivity contribution in [1.82, 2.24) is 19.1 Å². The molecule has 0 unspecified atom stereocenters. The number of benzene rings is 1. The van der Waals surface area contributed by atoms with Gasteiger partial charge >= 0.3 is 5.69 Å². The van der Waals surface area contributed by atoms with Crippen LogP contribution < -0.4 is 11.2 Å². The molecule has 2 aromatic heterocycles. The van der Waals surface area contributed by atoms with Crippen LogP contribution in [0.15, 0.2) is 21.7 Å². The molecule has 3 rings (SSSR count). The fraction of sp³-hybridized carbons (Fsp3) is 0.500. The molecule has 6 nitrogen and oxygen atoms in total. The van der Waals surface area contributed by atoms with Crippen molar-refractivity contribution in [2.45, 2.75) is 46.6 Å². The van der Waals surface area contributed by atoms with Crippen LogP contribution in [0.25, 0.3) is 21.9 Å². The number of imidazole rings is 1. The lowest BCUT2D eigenvalue weighted by atomic mass is 9.96. The van der Waals surface area contributed by atoms with E-state index in [-0.39, 0.29) is 16.7 Å². The maximum atomic E-state index is 12.8. The highest BCUT2D eigenvalue weighted by molar-refractivity contribution is 6.02. The molecule has 0 aliphatic rings. The molecule has 0 saturated heterocycles. The van der Waals surface area contributed by atoms with Crippen LogP contribution in [-0.4, -0.2) is 19.1 Å². The zero-order valence-corrected chi connectivity index (χ0v) is 15.1. The number of rotatable bonds is 2. The summed E-state index contributed by atoms with van der Waals surface area (Å²) >= 11 is 0. The second-order valence-corrected chi connectivity index (χ2v) is 7.84. The smallest absolute Gasteiger partial charge is 0.331 e. The molecule has 0 radical (unpaired) electrons. The van der Waals surface area contributed by atoms with E-state index in [1.165, 1.54) is 11.6 Å². The van der Waals surface area contributed by atoms with Crippen LogP contribution in [0, 0.1) is 5.92 Å². The van der Waals surface area contributed by atoms with Gasteiger partial charge < -0.3 is 4.98 Å². The van der Waals surface area contributed by atoms with E-state index in [4.69, 9.17) is 0 Å². The van der Waals surface area contributed by atoms with Crippen molar-refractivity contribution >= 4 is 21.9 Å². The van der Waals surface area contributed by atoms with Crippen LogP contribution >= 0.6 is 0 Å². The van der Waals surface area contributed by atoms with Gasteiger partial charge in [-0.2, -0.15) is 0 Å². The number of H-pyrrole nitrogens is 1. The molecule has 0 spiro atoms. The first-order valence-corrected chi connectivity index (χ1v) is 8.24. The number of aromatic amines is 1. The third-order valence-electron chi connectivity index (χ3n) is 4.22. The summed E-state index contributed by atoms with van der Waals surface area (Å²) in [5.41, 5.74) is 1.37. The third-order valence-corrected chi connectivity index (χ3v) is 4.22. The molecule has 6 heteroatoms. The van der Waals surface area contributed by atoms with Gasteiger partial charge in [-0.05, 0) is 18.1 Å². The zero-order valence-electron chi connectivity index (χ0n) is 15.1. The minimum absolute atomic E-state index is 0.150. The number of nitrogens with one attached hydrogen (secondary N) is 1. The van der Waals surface area contributed by atoms with Crippen LogP contribution in [0.2, 0.25) is 0 Å². The minimum Gasteiger partial charge on any atom is -0.342 e. The molecule has 0 fully saturated rings. The number of nitrogens with zero attached hydrogens (tertiary/aromatic N) is 3. The molecule has 128 valence electrons. The Morgan fingerprint density at radius 2 is 1.88 bits per heavy atom. The van der Waals surface area contributed by atoms with E-state index in [1.54, 1.807) is 4.57 Å². The van der Waals surface area contributed by atoms with Crippen molar-refractivity contribution in [3.63, 3.8) is 0 Å². The number of aromatic nitrogens is 4. The first kappa shape index (κ1) is 16.5. The quantitative estimate of drug-likeness (QED) is 0.785. The van der Waals surface area contributed by atoms with Crippen LogP contribution in [-0.2, 0) is 19.0 Å². The summed E-state index contributed by atoms with van der Waals surface area (Å²) in [7, 11) is 1.52. The SMILES string of the molecule is CC(C)Cn1c(=O)n(C)c(=O)c2c3nc(C(C)(C)C)[nH]c3ccc21. The van der Waals surface area contributed by atoms with Crippen molar-refractivity contribution in [3.05, 3.63) is 38.8 Å². The van der Waals surface area contributed by atoms with Gasteiger partial charge in [0, 0.05) is 19.0 Å². The molecule has 2 heterocycles. The summed E-state index contributed by atoms with van der Waals surface area (Å²) in [6, 6.07) is 3.74. The number of hydrogen-bond acceptors (Lipinski definition) is 3. The molecule has 3 aromatic rings. The maximum Gasteiger partial charge on any atom is 0.331 e. The first-order valence-electron chi connectivity index (χ1n) is 8.24. The molecule has 0 amide bonds. The first-order chi connectivity index (χ1) is 11.1. The van der Waals surface area contributed by atoms with Crippen molar-refractivity contribution < 1.29 is 0 Å². The largest absolute Gasteiger partial charge is 0.342 e. The van der Waals surface area contributed by atoms with Gasteiger partial charge in [0.25, 0.3) is 5.56 Å². The Labute approximate surface area is 140 Å². The molecule has 0 bridgehead atoms. The standard InChI is InChI=1S/C18H24N4O2/c1-10(2)9-22-12-8-7-11-14(20-16(19-11)18(3,4)5)13(12)15(23)21(6)17(22)24/h7-8,10H,9H2,1-6H3,(H,19,20). The van der Waals surface area contributed by atoms with Gasteiger partial charge in [0.2, 0.25) is 0 Å². The third kappa shape index (κ3) is 2.46. The Kier molecular flexibility index (Phi) is 3.66. The summed E-state index contributed by atoms with van der Waals surface area (Å²) in [5, 5.41) is 0.502. The Balaban J connectivity index is 2.49. The summed E-state index contributed by atoms with van der Waals surface area (Å²) in [6.45, 7) is 10.9. The highest BCUT2D eigenvalue weighted by Crippen LogP contribution is 2.26. The van der Waals surface area contributed by atoms with Gasteiger partial charge in [0.1, 0.15) is 11.3 Å². The number of hydrogen-bond donors (Lipinski definition) is 1. The van der Waals surface area contributed by atoms with E-state index in [2.05, 4.69) is 30.7 Å². The average Bonchev–Trinajstić information content (AvgIpc) is 2.92. The molecule has 1 aromatic carbocycles. The van der Waals surface area contributed by atoms with Gasteiger partial charge in [0.15, 0.2) is 0 Å². The fourth-order valence-electron chi connectivity index (χ4n) is 2.94. The molecular formula is C18H24N4O2. The highest BCUT2D eigenvalue weighted by atomic mass is 16.2. The number of fused-ring (bicyclic) bond motifs is 3. The Morgan fingerprint density at radius 3 is 2.46 bits per heavy atom. The molecule has 0 atom stereocenters. The molecule has 0 saturated carbocycles. The van der Waals surface area contributed by atoms with Crippen molar-refractivity contribution in [1.29, 1.82) is 0 Å². The highest BCUT2D eigenvalue weighted by Gasteiger charge is 2.21. The molecule has 0 aliphatic carbocycles. The van der Waals surface area contributed by atoms with E-state index in [0.29, 0.717) is 28.9 Å². The van der Waals surface area contributed by atoms with E-state index in [9.17, 15) is 9.59 Å². The minimum atomic E-state index is -0.299. The van der Waals surface area contributed by atoms with Crippen LogP contribution in [0.1, 0.15) is 40.4 Å². The van der Waals surface area contributed by atoms with E-state index in [1.807, 2.05) is 26.0 Å². The predicted octanol–water partition coefficient (Wildman–Crippen LogP) is 2.53. The average molecular weight is 328 g/mol. The predicted molar refractivity (Wildman–Crippen MR) is 96.6 cm³/mol. The molecule has 0 aliphatic heterocycles. The second kappa shape index (κ2) is 5.33. The van der Waals surface area contributed by atoms with Crippen LogP contribution in [0.4, 0.5) is 0 Å². The summed E-state index contributed by atoms with van der Waals surface area (Å²) in [5.74, 6) is 1.12. The van der Waals surface area contributed by atoms with E-state index >= 15 is 0 Å². The van der Waals surface area contributed by atoms with Gasteiger partial charge in [-0.15, -0.1) is 0 Å². The maximum absolute atomic E-state index is 12.8. The molecular weight excluding hydrogens is 304 g/mol. The summed E-state index contributed by atoms with van der Waals surface area (Å²) in [6.07, 6.45) is 0. The Bertz CT molecular complexity index is 1050. The topological polar surface area (TPSA) is 72.7 Å². The fourth-order valence-corrected chi connectivity index (χ4v) is 2.94. The van der Waals surface area contributed by atoms with Gasteiger partial charge in [0.05, 0.1) is 16.4 Å². The molecule has 1 N–H and O–H groups in total. The van der Waals surface area contributed by atoms with Gasteiger partial charge in [-0.25, -0.2) is 9.78 Å². The van der Waals surface area contributed by atoms with Gasteiger partial charge in [-0.1, -0.05) is 34.6 Å². The van der Waals surface area contributed by atoms with Crippen molar-refractivity contribution in [3.8, 4) is 0 Å². The summed E-state index contributed by atoms with van der Waals surface area (Å²) < 4.78 is 2.85. The van der Waals surface area contributed by atoms with Crippen molar-refractivity contribution in [2.24, 2.45) is 13.0 Å². The Morgan fingerprint density at radius 1 is 1.21 bits per heavy atom.